The molecule has 118 valence electrons. The summed E-state index contributed by atoms with van der Waals surface area (Å²) >= 11 is 0. The lowest BCUT2D eigenvalue weighted by atomic mass is 9.99. The number of nitrogens with one attached hydrogen (secondary N) is 2. The van der Waals surface area contributed by atoms with E-state index in [-0.39, 0.29) is 12.0 Å². The molecule has 0 aliphatic carbocycles. The molecule has 21 heavy (non-hydrogen) atoms. The highest BCUT2D eigenvalue weighted by molar-refractivity contribution is 5.82. The van der Waals surface area contributed by atoms with E-state index in [1.165, 1.54) is 0 Å². The number of nitrogens with zero attached hydrogens (tertiary/aromatic N) is 1. The topological polar surface area (TPSA) is 104 Å². The van der Waals surface area contributed by atoms with E-state index in [1.807, 2.05) is 6.92 Å². The van der Waals surface area contributed by atoms with E-state index in [9.17, 15) is 9.59 Å². The molecule has 3 atom stereocenters. The van der Waals surface area contributed by atoms with Gasteiger partial charge in [-0.3, -0.25) is 0 Å². The molecule has 0 saturated heterocycles. The van der Waals surface area contributed by atoms with Crippen LogP contribution in [0.4, 0.5) is 4.79 Å². The highest BCUT2D eigenvalue weighted by Crippen LogP contribution is 2.20. The van der Waals surface area contributed by atoms with E-state index in [4.69, 9.17) is 9.63 Å². The molecule has 1 heterocycles. The molecule has 1 rings (SSSR count). The van der Waals surface area contributed by atoms with Crippen LogP contribution in [-0.4, -0.2) is 28.3 Å². The Bertz CT molecular complexity index is 493. The van der Waals surface area contributed by atoms with E-state index in [1.54, 1.807) is 27.7 Å². The van der Waals surface area contributed by atoms with Crippen molar-refractivity contribution in [3.8, 4) is 0 Å². The van der Waals surface area contributed by atoms with E-state index in [0.29, 0.717) is 17.9 Å². The fourth-order valence-corrected chi connectivity index (χ4v) is 2.24. The first-order valence-corrected chi connectivity index (χ1v) is 7.00. The SMILES string of the molecule is CCC(C)[C@H](NC(=O)NC(C)c1c(C)noc1C)C(=O)O. The zero-order chi connectivity index (χ0) is 16.2. The van der Waals surface area contributed by atoms with E-state index >= 15 is 0 Å². The Morgan fingerprint density at radius 2 is 1.90 bits per heavy atom. The summed E-state index contributed by atoms with van der Waals surface area (Å²) in [5.41, 5.74) is 1.51. The van der Waals surface area contributed by atoms with Crippen LogP contribution in [0, 0.1) is 19.8 Å². The number of carbonyl (C=O) groups excluding carboxylic acids is 1. The highest BCUT2D eigenvalue weighted by atomic mass is 16.5. The molecule has 1 aromatic heterocycles. The third kappa shape index (κ3) is 4.21. The number of hydrogen-bond acceptors (Lipinski definition) is 4. The molecule has 0 fully saturated rings. The zero-order valence-corrected chi connectivity index (χ0v) is 13.1. The summed E-state index contributed by atoms with van der Waals surface area (Å²) in [6, 6.07) is -1.75. The second-order valence-corrected chi connectivity index (χ2v) is 5.28. The Kier molecular flexibility index (Phi) is 5.75. The number of rotatable bonds is 6. The minimum Gasteiger partial charge on any atom is -0.480 e. The summed E-state index contributed by atoms with van der Waals surface area (Å²) in [6.45, 7) is 9.03. The monoisotopic (exact) mass is 297 g/mol. The van der Waals surface area contributed by atoms with E-state index < -0.39 is 18.0 Å². The van der Waals surface area contributed by atoms with Crippen LogP contribution < -0.4 is 10.6 Å². The standard InChI is InChI=1S/C14H23N3O4/c1-6-7(2)12(13(18)19)16-14(20)15-8(3)11-9(4)17-21-10(11)5/h7-8,12H,6H2,1-5H3,(H,18,19)(H2,15,16,20)/t7?,8?,12-/m0/s1. The van der Waals surface area contributed by atoms with Gasteiger partial charge in [-0.05, 0) is 26.7 Å². The van der Waals surface area contributed by atoms with Crippen LogP contribution in [0.1, 0.15) is 50.3 Å². The number of aromatic nitrogens is 1. The summed E-state index contributed by atoms with van der Waals surface area (Å²) in [7, 11) is 0. The fourth-order valence-electron chi connectivity index (χ4n) is 2.24. The minimum atomic E-state index is -1.04. The van der Waals surface area contributed by atoms with Gasteiger partial charge in [0.05, 0.1) is 11.7 Å². The number of carbonyl (C=O) groups is 2. The van der Waals surface area contributed by atoms with Gasteiger partial charge in [0.25, 0.3) is 0 Å². The van der Waals surface area contributed by atoms with Crippen LogP contribution in [0.2, 0.25) is 0 Å². The summed E-state index contributed by atoms with van der Waals surface area (Å²) in [5.74, 6) is -0.552. The van der Waals surface area contributed by atoms with Crippen LogP contribution in [0.5, 0.6) is 0 Å². The maximum atomic E-state index is 12.0. The molecule has 7 nitrogen and oxygen atoms in total. The quantitative estimate of drug-likeness (QED) is 0.746. The van der Waals surface area contributed by atoms with Gasteiger partial charge in [-0.15, -0.1) is 0 Å². The molecule has 2 unspecified atom stereocenters. The predicted octanol–water partition coefficient (Wildman–Crippen LogP) is 2.15. The van der Waals surface area contributed by atoms with Gasteiger partial charge in [-0.1, -0.05) is 25.4 Å². The molecular weight excluding hydrogens is 274 g/mol. The zero-order valence-electron chi connectivity index (χ0n) is 13.1. The molecule has 0 spiro atoms. The molecule has 0 saturated carbocycles. The average Bonchev–Trinajstić information content (AvgIpc) is 2.74. The molecular formula is C14H23N3O4. The van der Waals surface area contributed by atoms with Crippen LogP contribution in [-0.2, 0) is 4.79 Å². The first-order chi connectivity index (χ1) is 9.77. The molecule has 0 aliphatic heterocycles. The molecule has 7 heteroatoms. The fraction of sp³-hybridized carbons (Fsp3) is 0.643. The first kappa shape index (κ1) is 17.0. The number of aryl methyl sites for hydroxylation is 2. The van der Waals surface area contributed by atoms with Crippen LogP contribution in [0.25, 0.3) is 0 Å². The van der Waals surface area contributed by atoms with Crippen molar-refractivity contribution >= 4 is 12.0 Å². The van der Waals surface area contributed by atoms with Crippen molar-refractivity contribution in [1.82, 2.24) is 15.8 Å². The van der Waals surface area contributed by atoms with Gasteiger partial charge >= 0.3 is 12.0 Å². The second-order valence-electron chi connectivity index (χ2n) is 5.28. The van der Waals surface area contributed by atoms with Crippen LogP contribution in [0.15, 0.2) is 4.52 Å². The molecule has 1 aromatic rings. The predicted molar refractivity (Wildman–Crippen MR) is 76.9 cm³/mol. The molecule has 0 bridgehead atoms. The first-order valence-electron chi connectivity index (χ1n) is 7.00. The maximum absolute atomic E-state index is 12.0. The Labute approximate surface area is 124 Å². The third-order valence-electron chi connectivity index (χ3n) is 3.63. The number of carboxylic acid groups (broad SMARTS) is 1. The summed E-state index contributed by atoms with van der Waals surface area (Å²) in [6.07, 6.45) is 0.663. The van der Waals surface area contributed by atoms with Crippen molar-refractivity contribution in [2.75, 3.05) is 0 Å². The average molecular weight is 297 g/mol. The summed E-state index contributed by atoms with van der Waals surface area (Å²) in [4.78, 5) is 23.2. The summed E-state index contributed by atoms with van der Waals surface area (Å²) in [5, 5.41) is 18.2. The normalized spacial score (nSPS) is 15.1. The van der Waals surface area contributed by atoms with Gasteiger partial charge in [0, 0.05) is 5.56 Å². The number of aliphatic carboxylic acids is 1. The molecule has 0 radical (unpaired) electrons. The van der Waals surface area contributed by atoms with E-state index in [0.717, 1.165) is 5.56 Å². The third-order valence-corrected chi connectivity index (χ3v) is 3.63. The smallest absolute Gasteiger partial charge is 0.326 e. The van der Waals surface area contributed by atoms with Crippen molar-refractivity contribution in [1.29, 1.82) is 0 Å². The van der Waals surface area contributed by atoms with Gasteiger partial charge in [0.15, 0.2) is 0 Å². The number of amides is 2. The minimum absolute atomic E-state index is 0.150. The molecule has 3 N–H and O–H groups in total. The molecule has 0 aromatic carbocycles. The Balaban J connectivity index is 2.70. The maximum Gasteiger partial charge on any atom is 0.326 e. The van der Waals surface area contributed by atoms with Crippen molar-refractivity contribution in [3.05, 3.63) is 17.0 Å². The van der Waals surface area contributed by atoms with Gasteiger partial charge in [-0.2, -0.15) is 0 Å². The van der Waals surface area contributed by atoms with Crippen molar-refractivity contribution in [2.45, 2.75) is 53.1 Å². The van der Waals surface area contributed by atoms with Crippen LogP contribution >= 0.6 is 0 Å². The Hall–Kier alpha value is -2.05. The highest BCUT2D eigenvalue weighted by Gasteiger charge is 2.26. The lowest BCUT2D eigenvalue weighted by molar-refractivity contribution is -0.140. The van der Waals surface area contributed by atoms with E-state index in [2.05, 4.69) is 15.8 Å². The van der Waals surface area contributed by atoms with Crippen molar-refractivity contribution in [2.24, 2.45) is 5.92 Å². The molecule has 2 amide bonds. The number of carboxylic acids is 1. The second kappa shape index (κ2) is 7.10. The van der Waals surface area contributed by atoms with Crippen molar-refractivity contribution in [3.63, 3.8) is 0 Å². The Morgan fingerprint density at radius 3 is 2.33 bits per heavy atom. The number of urea groups is 1. The van der Waals surface area contributed by atoms with Crippen molar-refractivity contribution < 1.29 is 19.2 Å². The van der Waals surface area contributed by atoms with Gasteiger partial charge in [0.2, 0.25) is 0 Å². The lowest BCUT2D eigenvalue weighted by Gasteiger charge is -2.22. The van der Waals surface area contributed by atoms with Gasteiger partial charge in [-0.25, -0.2) is 9.59 Å². The Morgan fingerprint density at radius 1 is 1.29 bits per heavy atom. The summed E-state index contributed by atoms with van der Waals surface area (Å²) < 4.78 is 5.06. The van der Waals surface area contributed by atoms with Crippen LogP contribution in [0.3, 0.4) is 0 Å². The number of hydrogen-bond donors (Lipinski definition) is 3. The lowest BCUT2D eigenvalue weighted by Crippen LogP contribution is -2.49. The van der Waals surface area contributed by atoms with Gasteiger partial charge in [0.1, 0.15) is 11.8 Å². The van der Waals surface area contributed by atoms with Gasteiger partial charge < -0.3 is 20.3 Å². The molecule has 0 aliphatic rings. The largest absolute Gasteiger partial charge is 0.480 e.